The van der Waals surface area contributed by atoms with Crippen LogP contribution in [0.2, 0.25) is 0 Å². The Balaban J connectivity index is 0.000000282. The Kier molecular flexibility index (Phi) is 4.56. The van der Waals surface area contributed by atoms with Gasteiger partial charge < -0.3 is 4.42 Å². The lowest BCUT2D eigenvalue weighted by atomic mass is 10.1. The molecule has 0 aliphatic rings. The fourth-order valence-electron chi connectivity index (χ4n) is 1.75. The minimum atomic E-state index is -4.94. The number of nitrogens with zero attached hydrogens (tertiary/aromatic N) is 1. The third-order valence-electron chi connectivity index (χ3n) is 2.66. The fourth-order valence-corrected chi connectivity index (χ4v) is 1.75. The molecule has 2 heterocycles. The predicted octanol–water partition coefficient (Wildman–Crippen LogP) is -1.76. The minimum absolute atomic E-state index is 0.859. The molecule has 0 saturated heterocycles. The average Bonchev–Trinajstić information content (AvgIpc) is 2.81. The second kappa shape index (κ2) is 6.21. The van der Waals surface area contributed by atoms with Crippen molar-refractivity contribution < 1.29 is 37.7 Å². The van der Waals surface area contributed by atoms with Crippen molar-refractivity contribution in [1.29, 1.82) is 0 Å². The van der Waals surface area contributed by atoms with Gasteiger partial charge in [-0.1, -0.05) is 29.8 Å². The third kappa shape index (κ3) is 4.82. The Morgan fingerprint density at radius 1 is 0.952 bits per heavy atom. The smallest absolute Gasteiger partial charge is 0.379 e. The normalized spacial score (nSPS) is 11.1. The maximum atomic E-state index is 8.49. The molecule has 0 saturated carbocycles. The summed E-state index contributed by atoms with van der Waals surface area (Å²) in [5.74, 6) is 0.895. The molecule has 0 aliphatic heterocycles. The van der Waals surface area contributed by atoms with E-state index in [1.54, 1.807) is 0 Å². The summed E-state index contributed by atoms with van der Waals surface area (Å²) in [5.41, 5.74) is 3.22. The molecule has 0 fully saturated rings. The van der Waals surface area contributed by atoms with Crippen molar-refractivity contribution in [2.24, 2.45) is 0 Å². The Hall–Kier alpha value is -1.96. The van der Waals surface area contributed by atoms with E-state index in [4.69, 9.17) is 23.1 Å². The molecular formula is C14H12ClNO5. The lowest BCUT2D eigenvalue weighted by Gasteiger charge is -2.17. The van der Waals surface area contributed by atoms with E-state index in [0.717, 1.165) is 17.0 Å². The van der Waals surface area contributed by atoms with Crippen LogP contribution in [0.15, 0.2) is 59.3 Å². The van der Waals surface area contributed by atoms with Gasteiger partial charge >= 0.3 is 5.71 Å². The van der Waals surface area contributed by atoms with Gasteiger partial charge in [0.1, 0.15) is 0 Å². The van der Waals surface area contributed by atoms with Gasteiger partial charge in [0.2, 0.25) is 12.0 Å². The summed E-state index contributed by atoms with van der Waals surface area (Å²) in [7, 11) is -4.94. The number of oxazole rings is 1. The second-order valence-corrected chi connectivity index (χ2v) is 5.04. The first-order chi connectivity index (χ1) is 9.83. The van der Waals surface area contributed by atoms with Gasteiger partial charge in [-0.05, 0) is 13.0 Å². The molecule has 0 aliphatic carbocycles. The van der Waals surface area contributed by atoms with Crippen LogP contribution in [0.5, 0.6) is 0 Å². The van der Waals surface area contributed by atoms with E-state index in [9.17, 15) is 0 Å². The molecule has 0 bridgehead atoms. The van der Waals surface area contributed by atoms with Crippen molar-refractivity contribution in [3.8, 4) is 11.3 Å². The van der Waals surface area contributed by atoms with Gasteiger partial charge in [-0.2, -0.15) is 0 Å². The van der Waals surface area contributed by atoms with Crippen molar-refractivity contribution in [1.82, 2.24) is 0 Å². The van der Waals surface area contributed by atoms with Crippen LogP contribution in [-0.2, 0) is 0 Å². The number of pyridine rings is 1. The van der Waals surface area contributed by atoms with Gasteiger partial charge in [-0.15, -0.1) is 14.6 Å². The van der Waals surface area contributed by atoms with E-state index in [1.807, 2.05) is 35.0 Å². The lowest BCUT2D eigenvalue weighted by Crippen LogP contribution is -2.68. The predicted molar refractivity (Wildman–Crippen MR) is 62.0 cm³/mol. The van der Waals surface area contributed by atoms with Crippen LogP contribution in [0, 0.1) is 17.2 Å². The highest BCUT2D eigenvalue weighted by Gasteiger charge is 2.11. The van der Waals surface area contributed by atoms with Gasteiger partial charge in [-0.3, -0.25) is 0 Å². The zero-order valence-corrected chi connectivity index (χ0v) is 11.8. The van der Waals surface area contributed by atoms with Crippen LogP contribution in [0.1, 0.15) is 5.56 Å². The highest BCUT2D eigenvalue weighted by molar-refractivity contribution is 5.57. The number of benzene rings is 1. The molecule has 0 radical (unpaired) electrons. The van der Waals surface area contributed by atoms with Crippen LogP contribution in [-0.4, -0.2) is 0 Å². The van der Waals surface area contributed by atoms with Gasteiger partial charge in [0.25, 0.3) is 0 Å². The summed E-state index contributed by atoms with van der Waals surface area (Å²) in [6.07, 6.45) is 3.98. The zero-order valence-electron chi connectivity index (χ0n) is 11.1. The SMILES string of the molecule is Cc1ccc(-c2c[n+]3ccccc3o2)cc1.[O-][Cl+3]([O-])([O-])[O-]. The maximum Gasteiger partial charge on any atom is 0.379 e. The van der Waals surface area contributed by atoms with Crippen molar-refractivity contribution in [3.63, 3.8) is 0 Å². The van der Waals surface area contributed by atoms with Gasteiger partial charge in [0.15, 0.2) is 6.20 Å². The number of aromatic nitrogens is 1. The molecule has 3 aromatic rings. The average molecular weight is 310 g/mol. The highest BCUT2D eigenvalue weighted by Crippen LogP contribution is 2.20. The van der Waals surface area contributed by atoms with Crippen molar-refractivity contribution in [2.45, 2.75) is 6.92 Å². The Bertz CT molecular complexity index is 679. The first-order valence-corrected chi connectivity index (χ1v) is 7.15. The van der Waals surface area contributed by atoms with Gasteiger partial charge in [0, 0.05) is 11.6 Å². The molecule has 0 spiro atoms. The topological polar surface area (TPSA) is 109 Å². The number of fused-ring (bicyclic) bond motifs is 1. The minimum Gasteiger partial charge on any atom is -0.398 e. The molecule has 7 heteroatoms. The molecule has 2 aromatic heterocycles. The molecule has 0 N–H and O–H groups in total. The summed E-state index contributed by atoms with van der Waals surface area (Å²) in [5, 5.41) is 0. The van der Waals surface area contributed by atoms with Crippen LogP contribution >= 0.6 is 0 Å². The number of halogens is 1. The number of hydrogen-bond acceptors (Lipinski definition) is 5. The standard InChI is InChI=1S/C14H12NO.ClHO4/c1-11-5-7-12(8-6-11)13-10-15-9-3-2-4-14(15)16-13;2-1(3,4)5/h2-10H,1H3;(H,2,3,4,5)/q+1;/p-1. The quantitative estimate of drug-likeness (QED) is 0.494. The van der Waals surface area contributed by atoms with Crippen LogP contribution < -0.4 is 23.0 Å². The number of aryl methyl sites for hydroxylation is 1. The Morgan fingerprint density at radius 2 is 1.57 bits per heavy atom. The van der Waals surface area contributed by atoms with E-state index < -0.39 is 10.2 Å². The summed E-state index contributed by atoms with van der Waals surface area (Å²) in [4.78, 5) is 0. The van der Waals surface area contributed by atoms with E-state index in [2.05, 4.69) is 31.2 Å². The molecule has 0 unspecified atom stereocenters. The van der Waals surface area contributed by atoms with E-state index >= 15 is 0 Å². The second-order valence-electron chi connectivity index (χ2n) is 4.29. The lowest BCUT2D eigenvalue weighted by molar-refractivity contribution is -2.00. The molecule has 0 amide bonds. The van der Waals surface area contributed by atoms with E-state index in [-0.39, 0.29) is 0 Å². The van der Waals surface area contributed by atoms with Crippen molar-refractivity contribution in [3.05, 3.63) is 60.4 Å². The molecular weight excluding hydrogens is 298 g/mol. The van der Waals surface area contributed by atoms with Gasteiger partial charge in [-0.25, -0.2) is 18.6 Å². The largest absolute Gasteiger partial charge is 0.398 e. The molecule has 1 aromatic carbocycles. The first-order valence-electron chi connectivity index (χ1n) is 5.91. The molecule has 6 nitrogen and oxygen atoms in total. The Morgan fingerprint density at radius 3 is 2.14 bits per heavy atom. The summed E-state index contributed by atoms with van der Waals surface area (Å²) in [6.45, 7) is 2.08. The number of rotatable bonds is 1. The molecule has 110 valence electrons. The third-order valence-corrected chi connectivity index (χ3v) is 2.66. The monoisotopic (exact) mass is 309 g/mol. The first kappa shape index (κ1) is 15.4. The number of hydrogen-bond donors (Lipinski definition) is 0. The molecule has 3 rings (SSSR count). The molecule has 21 heavy (non-hydrogen) atoms. The maximum absolute atomic E-state index is 8.49. The summed E-state index contributed by atoms with van der Waals surface area (Å²) >= 11 is 0. The van der Waals surface area contributed by atoms with Crippen LogP contribution in [0.3, 0.4) is 0 Å². The van der Waals surface area contributed by atoms with Crippen molar-refractivity contribution in [2.75, 3.05) is 0 Å². The van der Waals surface area contributed by atoms with Crippen LogP contribution in [0.25, 0.3) is 17.0 Å². The fraction of sp³-hybridized carbons (Fsp3) is 0.0714. The van der Waals surface area contributed by atoms with Crippen molar-refractivity contribution >= 4 is 5.71 Å². The van der Waals surface area contributed by atoms with Gasteiger partial charge in [0.05, 0.1) is 6.07 Å². The van der Waals surface area contributed by atoms with E-state index in [1.165, 1.54) is 5.56 Å². The highest BCUT2D eigenvalue weighted by atomic mass is 35.7. The molecule has 0 atom stereocenters. The van der Waals surface area contributed by atoms with Crippen LogP contribution in [0.4, 0.5) is 0 Å². The summed E-state index contributed by atoms with van der Waals surface area (Å²) in [6, 6.07) is 14.2. The summed E-state index contributed by atoms with van der Waals surface area (Å²) < 4.78 is 41.7. The Labute approximate surface area is 122 Å². The zero-order chi connectivity index (χ0) is 15.5. The van der Waals surface area contributed by atoms with E-state index in [0.29, 0.717) is 0 Å².